The fourth-order valence-corrected chi connectivity index (χ4v) is 6.48. The summed E-state index contributed by atoms with van der Waals surface area (Å²) in [4.78, 5) is 15.9. The van der Waals surface area contributed by atoms with E-state index in [4.69, 9.17) is 4.98 Å². The van der Waals surface area contributed by atoms with Crippen LogP contribution in [-0.4, -0.2) is 34.3 Å². The molecule has 9 rings (SSSR count). The molecule has 0 saturated heterocycles. The Morgan fingerprint density at radius 3 is 1.61 bits per heavy atom. The van der Waals surface area contributed by atoms with Gasteiger partial charge in [0, 0.05) is 46.4 Å². The zero-order valence-corrected chi connectivity index (χ0v) is 26.2. The van der Waals surface area contributed by atoms with Crippen molar-refractivity contribution in [1.82, 2.24) is 34.3 Å². The Kier molecular flexibility index (Phi) is 6.94. The molecule has 0 atom stereocenters. The highest BCUT2D eigenvalue weighted by atomic mass is 15.3. The largest absolute Gasteiger partial charge is 0.309 e. The normalized spacial score (nSPS) is 11.3. The quantitative estimate of drug-likeness (QED) is 0.174. The van der Waals surface area contributed by atoms with Gasteiger partial charge in [-0.25, -0.2) is 0 Å². The Hall–Kier alpha value is -6.93. The number of aromatic nitrogens is 7. The van der Waals surface area contributed by atoms with Gasteiger partial charge in [0.15, 0.2) is 11.6 Å². The summed E-state index contributed by atoms with van der Waals surface area (Å²) in [6.45, 7) is 0. The highest BCUT2D eigenvalue weighted by Gasteiger charge is 2.20. The topological polar surface area (TPSA) is 77.5 Å². The monoisotopic (exact) mass is 632 g/mol. The predicted octanol–water partition coefficient (Wildman–Crippen LogP) is 9.35. The molecule has 0 radical (unpaired) electrons. The summed E-state index contributed by atoms with van der Waals surface area (Å²) < 4.78 is 4.30. The Labute approximate surface area is 282 Å². The average molecular weight is 633 g/mol. The van der Waals surface area contributed by atoms with Gasteiger partial charge in [-0.15, -0.1) is 10.2 Å². The maximum Gasteiger partial charge on any atom is 0.187 e. The first-order chi connectivity index (χ1) is 24.3. The van der Waals surface area contributed by atoms with Crippen LogP contribution in [0, 0.1) is 0 Å². The van der Waals surface area contributed by atoms with E-state index in [1.54, 1.807) is 18.6 Å². The fourth-order valence-electron chi connectivity index (χ4n) is 6.48. The maximum absolute atomic E-state index is 4.94. The molecule has 5 aromatic heterocycles. The summed E-state index contributed by atoms with van der Waals surface area (Å²) >= 11 is 0. The number of anilines is 3. The summed E-state index contributed by atoms with van der Waals surface area (Å²) in [5, 5.41) is 11.6. The molecular weight excluding hydrogens is 605 g/mol. The van der Waals surface area contributed by atoms with Gasteiger partial charge in [0.2, 0.25) is 0 Å². The van der Waals surface area contributed by atoms with Gasteiger partial charge in [0.05, 0.1) is 28.6 Å². The number of nitrogens with zero attached hydrogens (tertiary/aromatic N) is 8. The van der Waals surface area contributed by atoms with Crippen LogP contribution in [0.4, 0.5) is 17.1 Å². The molecule has 0 aliphatic carbocycles. The maximum atomic E-state index is 4.94. The fraction of sp³-hybridized carbons (Fsp3) is 0. The molecule has 8 nitrogen and oxygen atoms in total. The third-order valence-corrected chi connectivity index (χ3v) is 8.67. The van der Waals surface area contributed by atoms with E-state index < -0.39 is 0 Å². The van der Waals surface area contributed by atoms with Crippen LogP contribution in [0.5, 0.6) is 0 Å². The van der Waals surface area contributed by atoms with Crippen LogP contribution in [0.3, 0.4) is 0 Å². The minimum Gasteiger partial charge on any atom is -0.309 e. The molecule has 49 heavy (non-hydrogen) atoms. The Morgan fingerprint density at radius 2 is 0.980 bits per heavy atom. The smallest absolute Gasteiger partial charge is 0.187 e. The Balaban J connectivity index is 1.12. The van der Waals surface area contributed by atoms with E-state index in [1.165, 1.54) is 21.8 Å². The molecule has 9 aromatic rings. The van der Waals surface area contributed by atoms with Gasteiger partial charge < -0.3 is 9.47 Å². The lowest BCUT2D eigenvalue weighted by atomic mass is 10.2. The van der Waals surface area contributed by atoms with Gasteiger partial charge in [0.1, 0.15) is 11.4 Å². The van der Waals surface area contributed by atoms with Crippen molar-refractivity contribution in [2.45, 2.75) is 0 Å². The van der Waals surface area contributed by atoms with Crippen molar-refractivity contribution in [3.8, 4) is 34.4 Å². The first kappa shape index (κ1) is 28.3. The van der Waals surface area contributed by atoms with Crippen molar-refractivity contribution in [1.29, 1.82) is 0 Å². The molecule has 232 valence electrons. The Morgan fingerprint density at radius 1 is 0.408 bits per heavy atom. The molecule has 0 spiro atoms. The van der Waals surface area contributed by atoms with Crippen LogP contribution < -0.4 is 4.90 Å². The molecule has 0 bridgehead atoms. The van der Waals surface area contributed by atoms with Crippen LogP contribution in [-0.2, 0) is 0 Å². The van der Waals surface area contributed by atoms with Gasteiger partial charge >= 0.3 is 0 Å². The molecule has 0 unspecified atom stereocenters. The summed E-state index contributed by atoms with van der Waals surface area (Å²) in [7, 11) is 0. The number of hydrogen-bond donors (Lipinski definition) is 0. The second kappa shape index (κ2) is 12.0. The van der Waals surface area contributed by atoms with E-state index in [0.717, 1.165) is 28.4 Å². The van der Waals surface area contributed by atoms with Crippen molar-refractivity contribution in [2.24, 2.45) is 0 Å². The third kappa shape index (κ3) is 4.99. The van der Waals surface area contributed by atoms with Gasteiger partial charge in [0.25, 0.3) is 0 Å². The van der Waals surface area contributed by atoms with Crippen molar-refractivity contribution < 1.29 is 0 Å². The first-order valence-electron chi connectivity index (χ1n) is 16.0. The van der Waals surface area contributed by atoms with Crippen LogP contribution in [0.1, 0.15) is 0 Å². The second-order valence-electron chi connectivity index (χ2n) is 11.6. The predicted molar refractivity (Wildman–Crippen MR) is 195 cm³/mol. The SMILES string of the molecule is c1ccc(N(c2ccc(-n3c4ccccc4c4ccccc43)cc2)c2ccc(-c3nnc(-c4ccccn4)n3-c3ccncc3)nc2)cc1. The Bertz CT molecular complexity index is 2470. The summed E-state index contributed by atoms with van der Waals surface area (Å²) in [6, 6.07) is 49.8. The standard InChI is InChI=1S/C41H28N8/c1-2-10-29(11-3-1)47(30-17-19-31(20-18-30)48-38-15-6-4-12-34(38)35-13-5-7-16-39(35)48)33-21-22-37(44-28-33)41-46-45-40(36-14-8-9-25-43-36)49(41)32-23-26-42-27-24-32/h1-28H. The number of benzene rings is 4. The zero-order valence-electron chi connectivity index (χ0n) is 26.2. The first-order valence-corrected chi connectivity index (χ1v) is 16.0. The van der Waals surface area contributed by atoms with E-state index in [-0.39, 0.29) is 0 Å². The third-order valence-electron chi connectivity index (χ3n) is 8.67. The molecule has 0 aliphatic rings. The van der Waals surface area contributed by atoms with Crippen molar-refractivity contribution in [3.63, 3.8) is 0 Å². The van der Waals surface area contributed by atoms with Crippen molar-refractivity contribution in [3.05, 3.63) is 170 Å². The zero-order chi connectivity index (χ0) is 32.6. The number of para-hydroxylation sites is 3. The average Bonchev–Trinajstić information content (AvgIpc) is 3.77. The van der Waals surface area contributed by atoms with Crippen LogP contribution >= 0.6 is 0 Å². The van der Waals surface area contributed by atoms with E-state index in [2.05, 4.69) is 121 Å². The second-order valence-corrected chi connectivity index (χ2v) is 11.6. The molecule has 0 amide bonds. The van der Waals surface area contributed by atoms with E-state index in [1.807, 2.05) is 65.4 Å². The molecule has 0 N–H and O–H groups in total. The highest BCUT2D eigenvalue weighted by Crippen LogP contribution is 2.37. The van der Waals surface area contributed by atoms with Gasteiger partial charge in [-0.2, -0.15) is 0 Å². The van der Waals surface area contributed by atoms with E-state index >= 15 is 0 Å². The number of pyridine rings is 3. The van der Waals surface area contributed by atoms with E-state index in [9.17, 15) is 0 Å². The van der Waals surface area contributed by atoms with Gasteiger partial charge in [-0.1, -0.05) is 60.7 Å². The summed E-state index contributed by atoms with van der Waals surface area (Å²) in [5.74, 6) is 1.24. The van der Waals surface area contributed by atoms with Crippen molar-refractivity contribution in [2.75, 3.05) is 4.90 Å². The molecule has 8 heteroatoms. The van der Waals surface area contributed by atoms with Gasteiger partial charge in [-0.3, -0.25) is 19.5 Å². The molecule has 0 fully saturated rings. The molecule has 0 aliphatic heterocycles. The summed E-state index contributed by atoms with van der Waals surface area (Å²) in [5.41, 5.74) is 8.70. The minimum absolute atomic E-state index is 0.611. The molecule has 5 heterocycles. The molecule has 4 aromatic carbocycles. The summed E-state index contributed by atoms with van der Waals surface area (Å²) in [6.07, 6.45) is 7.14. The van der Waals surface area contributed by atoms with Gasteiger partial charge in [-0.05, 0) is 84.9 Å². The van der Waals surface area contributed by atoms with Crippen LogP contribution in [0.15, 0.2) is 170 Å². The van der Waals surface area contributed by atoms with Crippen molar-refractivity contribution >= 4 is 38.9 Å². The number of hydrogen-bond acceptors (Lipinski definition) is 6. The lowest BCUT2D eigenvalue weighted by molar-refractivity contribution is 1.04. The van der Waals surface area contributed by atoms with E-state index in [0.29, 0.717) is 23.0 Å². The molecular formula is C41H28N8. The lowest BCUT2D eigenvalue weighted by Gasteiger charge is -2.25. The lowest BCUT2D eigenvalue weighted by Crippen LogP contribution is -2.10. The van der Waals surface area contributed by atoms with Crippen LogP contribution in [0.25, 0.3) is 56.2 Å². The van der Waals surface area contributed by atoms with Crippen LogP contribution in [0.2, 0.25) is 0 Å². The molecule has 0 saturated carbocycles. The highest BCUT2D eigenvalue weighted by molar-refractivity contribution is 6.09. The number of rotatable bonds is 7. The number of fused-ring (bicyclic) bond motifs is 3. The minimum atomic E-state index is 0.611.